The molecule has 0 amide bonds. The number of benzene rings is 2. The average Bonchev–Trinajstić information content (AvgIpc) is 3.54. The van der Waals surface area contributed by atoms with E-state index in [9.17, 15) is 0 Å². The van der Waals surface area contributed by atoms with Crippen molar-refractivity contribution in [3.63, 3.8) is 0 Å². The summed E-state index contributed by atoms with van der Waals surface area (Å²) in [5, 5.41) is 8.88. The minimum absolute atomic E-state index is 0. The van der Waals surface area contributed by atoms with Crippen LogP contribution in [0, 0.1) is 0 Å². The third-order valence-electron chi connectivity index (χ3n) is 6.24. The van der Waals surface area contributed by atoms with Gasteiger partial charge in [-0.3, -0.25) is 0 Å². The topological polar surface area (TPSA) is 0 Å². The first-order valence-electron chi connectivity index (χ1n) is 14.2. The molecule has 4 aromatic carbocycles. The molecular formula is C35H48P2Ti. The van der Waals surface area contributed by atoms with E-state index in [1.807, 2.05) is 19.1 Å². The first-order chi connectivity index (χ1) is 18.1. The molecule has 0 aromatic heterocycles. The number of allylic oxidation sites excluding steroid dienone is 3. The molecule has 0 aliphatic carbocycles. The zero-order valence-electron chi connectivity index (χ0n) is 24.4. The fourth-order valence-electron chi connectivity index (χ4n) is 4.59. The Morgan fingerprint density at radius 3 is 1.29 bits per heavy atom. The summed E-state index contributed by atoms with van der Waals surface area (Å²) in [6.45, 7) is 14.6. The second-order valence-electron chi connectivity index (χ2n) is 9.42. The third kappa shape index (κ3) is 11.4. The average molecular weight is 579 g/mol. The van der Waals surface area contributed by atoms with Gasteiger partial charge in [0.1, 0.15) is 0 Å². The second kappa shape index (κ2) is 20.6. The minimum atomic E-state index is 0. The molecule has 3 heteroatoms. The first kappa shape index (κ1) is 34.7. The van der Waals surface area contributed by atoms with Gasteiger partial charge in [-0.2, -0.15) is 12.1 Å². The molecular weight excluding hydrogens is 530 g/mol. The van der Waals surface area contributed by atoms with Crippen LogP contribution < -0.4 is 10.6 Å². The summed E-state index contributed by atoms with van der Waals surface area (Å²) in [4.78, 5) is 0. The van der Waals surface area contributed by atoms with Crippen LogP contribution in [-0.2, 0) is 21.7 Å². The van der Waals surface area contributed by atoms with Crippen LogP contribution in [0.15, 0.2) is 97.6 Å². The molecule has 202 valence electrons. The van der Waals surface area contributed by atoms with Crippen LogP contribution >= 0.6 is 15.8 Å². The summed E-state index contributed by atoms with van der Waals surface area (Å²) in [6.07, 6.45) is 16.4. The van der Waals surface area contributed by atoms with E-state index >= 15 is 0 Å². The minimum Gasteiger partial charge on any atom is -0.161 e. The molecule has 0 N–H and O–H groups in total. The van der Waals surface area contributed by atoms with Gasteiger partial charge in [0.25, 0.3) is 0 Å². The van der Waals surface area contributed by atoms with Crippen LogP contribution in [0.2, 0.25) is 0 Å². The van der Waals surface area contributed by atoms with E-state index < -0.39 is 0 Å². The normalized spacial score (nSPS) is 10.8. The largest absolute Gasteiger partial charge is 2.00 e. The monoisotopic (exact) mass is 578 g/mol. The Morgan fingerprint density at radius 1 is 0.658 bits per heavy atom. The maximum atomic E-state index is 3.46. The fraction of sp³-hybridized carbons (Fsp3) is 0.371. The first-order valence-corrected chi connectivity index (χ1v) is 17.6. The number of rotatable bonds is 11. The Kier molecular flexibility index (Phi) is 18.8. The smallest absolute Gasteiger partial charge is 0.161 e. The van der Waals surface area contributed by atoms with Gasteiger partial charge in [-0.15, -0.1) is 80.7 Å². The van der Waals surface area contributed by atoms with E-state index in [0.717, 1.165) is 0 Å². The van der Waals surface area contributed by atoms with Crippen LogP contribution in [0.4, 0.5) is 0 Å². The second-order valence-corrected chi connectivity index (χ2v) is 14.4. The van der Waals surface area contributed by atoms with Crippen molar-refractivity contribution in [2.45, 2.75) is 60.3 Å². The van der Waals surface area contributed by atoms with E-state index in [1.54, 1.807) is 16.7 Å². The van der Waals surface area contributed by atoms with Crippen molar-refractivity contribution in [2.75, 3.05) is 24.6 Å². The van der Waals surface area contributed by atoms with E-state index in [-0.39, 0.29) is 37.6 Å². The number of hydrogen-bond donors (Lipinski definition) is 0. The van der Waals surface area contributed by atoms with E-state index in [0.29, 0.717) is 0 Å². The molecule has 0 nitrogen and oxygen atoms in total. The van der Waals surface area contributed by atoms with Crippen molar-refractivity contribution >= 4 is 48.0 Å². The zero-order chi connectivity index (χ0) is 26.9. The summed E-state index contributed by atoms with van der Waals surface area (Å²) in [5.41, 5.74) is 0. The summed E-state index contributed by atoms with van der Waals surface area (Å²) >= 11 is 0. The molecule has 0 unspecified atom stereocenters. The predicted octanol–water partition coefficient (Wildman–Crippen LogP) is 10.7. The van der Waals surface area contributed by atoms with Crippen LogP contribution in [-0.4, -0.2) is 24.6 Å². The summed E-state index contributed by atoms with van der Waals surface area (Å²) in [6, 6.07) is 27.1. The molecule has 4 aromatic rings. The van der Waals surface area contributed by atoms with Gasteiger partial charge in [0.15, 0.2) is 0 Å². The van der Waals surface area contributed by atoms with Crippen LogP contribution in [0.25, 0.3) is 21.5 Å². The van der Waals surface area contributed by atoms with Crippen molar-refractivity contribution in [1.82, 2.24) is 0 Å². The standard InChI is InChI=1S/2C15H20P.C5H8.Ti/c2*1-3-9-16(10-4-2)15-11-13-7-5-6-8-14(13)12-15;1-3-5-4-2;/h2*5-8,11-12H,3-4,9-10H2,1-2H3;3-5H,1H2,2H3;/q2*-1;;+2/b;;5-4+;. The van der Waals surface area contributed by atoms with E-state index in [2.05, 4.69) is 107 Å². The molecule has 0 aliphatic rings. The molecule has 4 rings (SSSR count). The third-order valence-corrected chi connectivity index (χ3v) is 12.2. The van der Waals surface area contributed by atoms with Gasteiger partial charge in [-0.05, 0) is 31.6 Å². The van der Waals surface area contributed by atoms with Gasteiger partial charge in [-0.1, -0.05) is 106 Å². The van der Waals surface area contributed by atoms with Crippen LogP contribution in [0.3, 0.4) is 0 Å². The van der Waals surface area contributed by atoms with Crippen molar-refractivity contribution in [1.29, 1.82) is 0 Å². The van der Waals surface area contributed by atoms with E-state index in [1.165, 1.54) is 71.9 Å². The Morgan fingerprint density at radius 2 is 1.03 bits per heavy atom. The van der Waals surface area contributed by atoms with Gasteiger partial charge in [0.05, 0.1) is 0 Å². The van der Waals surface area contributed by atoms with Gasteiger partial charge < -0.3 is 0 Å². The molecule has 0 radical (unpaired) electrons. The van der Waals surface area contributed by atoms with Crippen LogP contribution in [0.5, 0.6) is 0 Å². The van der Waals surface area contributed by atoms with Gasteiger partial charge in [-0.25, -0.2) is 0 Å². The van der Waals surface area contributed by atoms with Crippen molar-refractivity contribution in [3.8, 4) is 0 Å². The Balaban J connectivity index is 0.000000317. The van der Waals surface area contributed by atoms with Gasteiger partial charge >= 0.3 is 21.7 Å². The summed E-state index contributed by atoms with van der Waals surface area (Å²) in [7, 11) is 0.194. The van der Waals surface area contributed by atoms with Gasteiger partial charge in [0.2, 0.25) is 0 Å². The maximum absolute atomic E-state index is 3.46. The van der Waals surface area contributed by atoms with Gasteiger partial charge in [0, 0.05) is 0 Å². The molecule has 0 heterocycles. The number of hydrogen-bond acceptors (Lipinski definition) is 0. The Hall–Kier alpha value is -1.29. The number of fused-ring (bicyclic) bond motifs is 2. The molecule has 0 saturated carbocycles. The molecule has 0 spiro atoms. The van der Waals surface area contributed by atoms with E-state index in [4.69, 9.17) is 0 Å². The quantitative estimate of drug-likeness (QED) is 0.0719. The summed E-state index contributed by atoms with van der Waals surface area (Å²) in [5.74, 6) is 0. The molecule has 38 heavy (non-hydrogen) atoms. The van der Waals surface area contributed by atoms with Crippen molar-refractivity contribution in [3.05, 3.63) is 97.6 Å². The Labute approximate surface area is 251 Å². The fourth-order valence-corrected chi connectivity index (χ4v) is 9.52. The SMILES string of the molecule is C=C/C=C/C.CCCP(CCC)c1cc2ccccc2[cH-]1.CCCP(CCC)c1cc2ccccc2[cH-]1.[Ti+2]. The molecule has 0 fully saturated rings. The molecule has 0 aliphatic heterocycles. The predicted molar refractivity (Wildman–Crippen MR) is 178 cm³/mol. The zero-order valence-corrected chi connectivity index (χ0v) is 27.8. The van der Waals surface area contributed by atoms with Crippen molar-refractivity contribution in [2.24, 2.45) is 0 Å². The maximum Gasteiger partial charge on any atom is 2.00 e. The summed E-state index contributed by atoms with van der Waals surface area (Å²) < 4.78 is 0. The molecule has 0 bridgehead atoms. The molecule has 0 atom stereocenters. The van der Waals surface area contributed by atoms with Crippen LogP contribution in [0.1, 0.15) is 60.3 Å². The van der Waals surface area contributed by atoms with Crippen molar-refractivity contribution < 1.29 is 21.7 Å². The Bertz CT molecular complexity index is 1020. The molecule has 0 saturated heterocycles.